The number of anilines is 1. The van der Waals surface area contributed by atoms with E-state index in [1.807, 2.05) is 6.21 Å². The predicted octanol–water partition coefficient (Wildman–Crippen LogP) is 2.26. The summed E-state index contributed by atoms with van der Waals surface area (Å²) in [7, 11) is 0. The third-order valence-corrected chi connectivity index (χ3v) is 2.69. The molecule has 0 aliphatic rings. The molecule has 0 fully saturated rings. The molecule has 0 saturated carbocycles. The first-order valence-corrected chi connectivity index (χ1v) is 5.59. The van der Waals surface area contributed by atoms with Crippen LogP contribution in [-0.4, -0.2) is 16.4 Å². The summed E-state index contributed by atoms with van der Waals surface area (Å²) in [5.74, 6) is 0.432. The summed E-state index contributed by atoms with van der Waals surface area (Å²) in [6, 6.07) is 0. The number of aromatic amines is 1. The maximum Gasteiger partial charge on any atom is 0.285 e. The number of aromatic nitrogens is 2. The summed E-state index contributed by atoms with van der Waals surface area (Å²) in [6.45, 7) is 4.20. The van der Waals surface area contributed by atoms with Gasteiger partial charge in [0.15, 0.2) is 0 Å². The minimum absolute atomic E-state index is 0.0664. The van der Waals surface area contributed by atoms with Crippen LogP contribution in [0.2, 0.25) is 5.02 Å². The van der Waals surface area contributed by atoms with Gasteiger partial charge in [-0.05, 0) is 18.8 Å². The molecule has 0 saturated heterocycles. The minimum Gasteiger partial charge on any atom is -0.275 e. The highest BCUT2D eigenvalue weighted by Gasteiger charge is 2.03. The molecule has 0 aromatic carbocycles. The van der Waals surface area contributed by atoms with Gasteiger partial charge in [-0.1, -0.05) is 25.4 Å². The highest BCUT2D eigenvalue weighted by atomic mass is 35.5. The van der Waals surface area contributed by atoms with Gasteiger partial charge in [-0.2, -0.15) is 10.2 Å². The molecule has 0 aliphatic carbocycles. The Hall–Kier alpha value is -1.36. The van der Waals surface area contributed by atoms with E-state index in [0.29, 0.717) is 11.6 Å². The Labute approximate surface area is 98.9 Å². The number of rotatable bonds is 5. The highest BCUT2D eigenvalue weighted by molar-refractivity contribution is 6.32. The molecule has 0 spiro atoms. The largest absolute Gasteiger partial charge is 0.285 e. The summed E-state index contributed by atoms with van der Waals surface area (Å²) in [5, 5.41) is 9.96. The second kappa shape index (κ2) is 6.27. The maximum atomic E-state index is 11.1. The van der Waals surface area contributed by atoms with Crippen LogP contribution in [0.4, 0.5) is 5.69 Å². The first kappa shape index (κ1) is 12.7. The van der Waals surface area contributed by atoms with Gasteiger partial charge in [0, 0.05) is 6.21 Å². The van der Waals surface area contributed by atoms with Gasteiger partial charge in [0.1, 0.15) is 10.7 Å². The van der Waals surface area contributed by atoms with Crippen molar-refractivity contribution in [2.45, 2.75) is 26.7 Å². The SMILES string of the molecule is CCC(/C=N\Nc1cn[nH]c(=O)c1Cl)CC. The van der Waals surface area contributed by atoms with E-state index in [1.165, 1.54) is 6.20 Å². The van der Waals surface area contributed by atoms with Crippen LogP contribution in [0.5, 0.6) is 0 Å². The molecule has 6 heteroatoms. The van der Waals surface area contributed by atoms with Crippen molar-refractivity contribution in [3.63, 3.8) is 0 Å². The van der Waals surface area contributed by atoms with Gasteiger partial charge in [-0.25, -0.2) is 5.10 Å². The van der Waals surface area contributed by atoms with Crippen molar-refractivity contribution in [2.24, 2.45) is 11.0 Å². The van der Waals surface area contributed by atoms with E-state index >= 15 is 0 Å². The lowest BCUT2D eigenvalue weighted by Gasteiger charge is -2.05. The summed E-state index contributed by atoms with van der Waals surface area (Å²) in [5.41, 5.74) is 2.69. The van der Waals surface area contributed by atoms with Gasteiger partial charge in [-0.15, -0.1) is 0 Å². The number of hydrazone groups is 1. The van der Waals surface area contributed by atoms with E-state index in [2.05, 4.69) is 34.6 Å². The third kappa shape index (κ3) is 3.34. The lowest BCUT2D eigenvalue weighted by atomic mass is 10.1. The van der Waals surface area contributed by atoms with Crippen LogP contribution in [0.25, 0.3) is 0 Å². The van der Waals surface area contributed by atoms with Gasteiger partial charge < -0.3 is 0 Å². The van der Waals surface area contributed by atoms with E-state index in [9.17, 15) is 4.79 Å². The molecular weight excluding hydrogens is 228 g/mol. The number of halogens is 1. The van der Waals surface area contributed by atoms with Gasteiger partial charge in [0.25, 0.3) is 5.56 Å². The Morgan fingerprint density at radius 2 is 2.31 bits per heavy atom. The molecular formula is C10H15ClN4O. The van der Waals surface area contributed by atoms with Gasteiger partial charge >= 0.3 is 0 Å². The van der Waals surface area contributed by atoms with Crippen LogP contribution in [0, 0.1) is 5.92 Å². The van der Waals surface area contributed by atoms with E-state index in [0.717, 1.165) is 12.8 Å². The minimum atomic E-state index is -0.426. The molecule has 0 bridgehead atoms. The van der Waals surface area contributed by atoms with Gasteiger partial charge in [-0.3, -0.25) is 10.2 Å². The number of nitrogens with one attached hydrogen (secondary N) is 2. The molecule has 0 amide bonds. The lowest BCUT2D eigenvalue weighted by Crippen LogP contribution is -2.10. The Morgan fingerprint density at radius 1 is 1.62 bits per heavy atom. The number of H-pyrrole nitrogens is 1. The monoisotopic (exact) mass is 242 g/mol. The van der Waals surface area contributed by atoms with Gasteiger partial charge in [0.2, 0.25) is 0 Å². The van der Waals surface area contributed by atoms with Crippen LogP contribution >= 0.6 is 11.6 Å². The van der Waals surface area contributed by atoms with Crippen LogP contribution in [0.1, 0.15) is 26.7 Å². The summed E-state index contributed by atoms with van der Waals surface area (Å²) in [6.07, 6.45) is 5.30. The summed E-state index contributed by atoms with van der Waals surface area (Å²) in [4.78, 5) is 11.1. The topological polar surface area (TPSA) is 70.1 Å². The fourth-order valence-corrected chi connectivity index (χ4v) is 1.31. The first-order valence-electron chi connectivity index (χ1n) is 5.21. The average molecular weight is 243 g/mol. The standard InChI is InChI=1S/C10H15ClN4O/c1-3-7(4-2)5-12-14-8-6-13-15-10(16)9(8)11/h5-7H,3-4H2,1-2H3,(H2,14,15,16)/b12-5-. The quantitative estimate of drug-likeness (QED) is 0.615. The smallest absolute Gasteiger partial charge is 0.275 e. The molecule has 1 aromatic rings. The summed E-state index contributed by atoms with van der Waals surface area (Å²) < 4.78 is 0. The molecule has 0 aliphatic heterocycles. The number of nitrogens with zero attached hydrogens (tertiary/aromatic N) is 2. The van der Waals surface area contributed by atoms with Crippen molar-refractivity contribution >= 4 is 23.5 Å². The van der Waals surface area contributed by atoms with Crippen LogP contribution in [0.3, 0.4) is 0 Å². The van der Waals surface area contributed by atoms with Crippen molar-refractivity contribution in [3.8, 4) is 0 Å². The molecule has 16 heavy (non-hydrogen) atoms. The normalized spacial score (nSPS) is 11.2. The second-order valence-electron chi connectivity index (χ2n) is 3.39. The third-order valence-electron chi connectivity index (χ3n) is 2.31. The van der Waals surface area contributed by atoms with Crippen LogP contribution in [-0.2, 0) is 0 Å². The number of hydrogen-bond acceptors (Lipinski definition) is 4. The Balaban J connectivity index is 2.68. The average Bonchev–Trinajstić information content (AvgIpc) is 2.30. The molecule has 1 rings (SSSR count). The first-order chi connectivity index (χ1) is 7.69. The Kier molecular flexibility index (Phi) is 4.98. The van der Waals surface area contributed by atoms with Crippen molar-refractivity contribution in [1.82, 2.24) is 10.2 Å². The van der Waals surface area contributed by atoms with Crippen LogP contribution < -0.4 is 11.0 Å². The zero-order valence-corrected chi connectivity index (χ0v) is 10.1. The highest BCUT2D eigenvalue weighted by Crippen LogP contribution is 2.14. The molecule has 2 N–H and O–H groups in total. The van der Waals surface area contributed by atoms with Crippen molar-refractivity contribution in [2.75, 3.05) is 5.43 Å². The molecule has 0 atom stereocenters. The lowest BCUT2D eigenvalue weighted by molar-refractivity contribution is 0.654. The zero-order valence-electron chi connectivity index (χ0n) is 9.33. The molecule has 88 valence electrons. The van der Waals surface area contributed by atoms with E-state index < -0.39 is 5.56 Å². The Bertz CT molecular complexity index is 412. The molecule has 0 unspecified atom stereocenters. The van der Waals surface area contributed by atoms with Crippen LogP contribution in [0.15, 0.2) is 16.1 Å². The fraction of sp³-hybridized carbons (Fsp3) is 0.500. The van der Waals surface area contributed by atoms with E-state index in [4.69, 9.17) is 11.6 Å². The van der Waals surface area contributed by atoms with Crippen molar-refractivity contribution in [3.05, 3.63) is 21.6 Å². The molecule has 1 heterocycles. The maximum absolute atomic E-state index is 11.1. The van der Waals surface area contributed by atoms with Gasteiger partial charge in [0.05, 0.1) is 6.20 Å². The van der Waals surface area contributed by atoms with Crippen molar-refractivity contribution < 1.29 is 0 Å². The molecule has 0 radical (unpaired) electrons. The predicted molar refractivity (Wildman–Crippen MR) is 66.1 cm³/mol. The zero-order chi connectivity index (χ0) is 12.0. The molecule has 5 nitrogen and oxygen atoms in total. The molecule has 1 aromatic heterocycles. The Morgan fingerprint density at radius 3 is 2.94 bits per heavy atom. The second-order valence-corrected chi connectivity index (χ2v) is 3.77. The van der Waals surface area contributed by atoms with E-state index in [-0.39, 0.29) is 5.02 Å². The van der Waals surface area contributed by atoms with Crippen molar-refractivity contribution in [1.29, 1.82) is 0 Å². The fourth-order valence-electron chi connectivity index (χ4n) is 1.17. The summed E-state index contributed by atoms with van der Waals surface area (Å²) >= 11 is 5.76. The van der Waals surface area contributed by atoms with E-state index in [1.54, 1.807) is 0 Å². The number of hydrogen-bond donors (Lipinski definition) is 2.